The maximum atomic E-state index is 13.4. The molecule has 0 spiro atoms. The SMILES string of the molecule is O=C(c1cccc2ccccc12)c1cn(CCCCCF)c2ccc(O)cc12. The van der Waals surface area contributed by atoms with Crippen LogP contribution in [0.3, 0.4) is 0 Å². The molecule has 0 radical (unpaired) electrons. The van der Waals surface area contributed by atoms with Gasteiger partial charge in [-0.3, -0.25) is 9.18 Å². The van der Waals surface area contributed by atoms with Gasteiger partial charge in [-0.1, -0.05) is 42.5 Å². The molecule has 0 unspecified atom stereocenters. The minimum atomic E-state index is -0.300. The Hall–Kier alpha value is -3.14. The van der Waals surface area contributed by atoms with Crippen LogP contribution in [0.4, 0.5) is 4.39 Å². The Balaban J connectivity index is 1.79. The second-order valence-corrected chi connectivity index (χ2v) is 7.04. The zero-order valence-electron chi connectivity index (χ0n) is 15.6. The molecule has 0 atom stereocenters. The van der Waals surface area contributed by atoms with Gasteiger partial charge in [0, 0.05) is 34.8 Å². The number of phenolic OH excluding ortho intramolecular Hbond substituents is 1. The first-order valence-corrected chi connectivity index (χ1v) is 9.59. The highest BCUT2D eigenvalue weighted by atomic mass is 19.1. The molecule has 4 heteroatoms. The van der Waals surface area contributed by atoms with E-state index in [1.54, 1.807) is 12.1 Å². The fraction of sp³-hybridized carbons (Fsp3) is 0.208. The summed E-state index contributed by atoms with van der Waals surface area (Å²) in [5, 5.41) is 12.6. The first-order valence-electron chi connectivity index (χ1n) is 9.59. The average molecular weight is 375 g/mol. The number of hydrogen-bond acceptors (Lipinski definition) is 2. The third kappa shape index (κ3) is 3.38. The van der Waals surface area contributed by atoms with Crippen LogP contribution >= 0.6 is 0 Å². The van der Waals surface area contributed by atoms with E-state index in [0.717, 1.165) is 34.5 Å². The summed E-state index contributed by atoms with van der Waals surface area (Å²) in [5.74, 6) is 0.0737. The van der Waals surface area contributed by atoms with Crippen molar-refractivity contribution in [3.05, 3.63) is 78.0 Å². The average Bonchev–Trinajstić information content (AvgIpc) is 3.08. The molecule has 3 aromatic carbocycles. The number of alkyl halides is 1. The number of rotatable bonds is 7. The van der Waals surface area contributed by atoms with E-state index in [4.69, 9.17) is 0 Å². The maximum absolute atomic E-state index is 13.4. The van der Waals surface area contributed by atoms with Gasteiger partial charge in [-0.2, -0.15) is 0 Å². The van der Waals surface area contributed by atoms with Gasteiger partial charge in [0.05, 0.1) is 6.67 Å². The number of unbranched alkanes of at least 4 members (excludes halogenated alkanes) is 2. The quantitative estimate of drug-likeness (QED) is 0.324. The first kappa shape index (κ1) is 18.2. The molecule has 0 aliphatic carbocycles. The number of benzene rings is 3. The van der Waals surface area contributed by atoms with E-state index in [9.17, 15) is 14.3 Å². The molecule has 4 aromatic rings. The van der Waals surface area contributed by atoms with Crippen molar-refractivity contribution in [3.8, 4) is 5.75 Å². The van der Waals surface area contributed by atoms with Crippen molar-refractivity contribution >= 4 is 27.5 Å². The monoisotopic (exact) mass is 375 g/mol. The predicted molar refractivity (Wildman–Crippen MR) is 111 cm³/mol. The lowest BCUT2D eigenvalue weighted by molar-refractivity contribution is 0.104. The molecular formula is C24H22FNO2. The van der Waals surface area contributed by atoms with E-state index in [1.165, 1.54) is 0 Å². The highest BCUT2D eigenvalue weighted by molar-refractivity contribution is 6.21. The summed E-state index contributed by atoms with van der Waals surface area (Å²) in [5.41, 5.74) is 2.13. The number of aryl methyl sites for hydroxylation is 1. The largest absolute Gasteiger partial charge is 0.508 e. The van der Waals surface area contributed by atoms with Crippen LogP contribution in [0.15, 0.2) is 66.9 Å². The van der Waals surface area contributed by atoms with Gasteiger partial charge in [-0.25, -0.2) is 0 Å². The van der Waals surface area contributed by atoms with Gasteiger partial charge in [0.15, 0.2) is 5.78 Å². The Morgan fingerprint density at radius 1 is 0.893 bits per heavy atom. The van der Waals surface area contributed by atoms with E-state index in [0.29, 0.717) is 24.1 Å². The van der Waals surface area contributed by atoms with Crippen LogP contribution in [-0.4, -0.2) is 22.1 Å². The molecule has 1 heterocycles. The molecule has 0 saturated heterocycles. The highest BCUT2D eigenvalue weighted by Crippen LogP contribution is 2.30. The third-order valence-electron chi connectivity index (χ3n) is 5.18. The summed E-state index contributed by atoms with van der Waals surface area (Å²) in [6.07, 6.45) is 4.07. The van der Waals surface area contributed by atoms with Crippen LogP contribution < -0.4 is 0 Å². The highest BCUT2D eigenvalue weighted by Gasteiger charge is 2.19. The molecule has 0 amide bonds. The van der Waals surface area contributed by atoms with E-state index >= 15 is 0 Å². The number of ketones is 1. The lowest BCUT2D eigenvalue weighted by Gasteiger charge is -2.05. The van der Waals surface area contributed by atoms with Gasteiger partial charge in [-0.15, -0.1) is 0 Å². The molecule has 0 fully saturated rings. The number of carbonyl (C=O) groups excluding carboxylic acids is 1. The molecule has 1 N–H and O–H groups in total. The molecule has 0 saturated carbocycles. The molecule has 0 bridgehead atoms. The normalized spacial score (nSPS) is 11.3. The lowest BCUT2D eigenvalue weighted by Crippen LogP contribution is -2.02. The number of carbonyl (C=O) groups is 1. The number of aromatic nitrogens is 1. The topological polar surface area (TPSA) is 42.2 Å². The minimum Gasteiger partial charge on any atom is -0.508 e. The standard InChI is InChI=1S/C24H22FNO2/c25-13-4-1-5-14-26-16-22(21-15-18(27)11-12-23(21)26)24(28)20-10-6-8-17-7-2-3-9-19(17)20/h2-3,6-12,15-16,27H,1,4-5,13-14H2. The number of aromatic hydroxyl groups is 1. The molecule has 0 aliphatic rings. The zero-order valence-corrected chi connectivity index (χ0v) is 15.6. The van der Waals surface area contributed by atoms with Gasteiger partial charge in [0.2, 0.25) is 0 Å². The lowest BCUT2D eigenvalue weighted by atomic mass is 9.97. The van der Waals surface area contributed by atoms with Crippen molar-refractivity contribution in [2.24, 2.45) is 0 Å². The second kappa shape index (κ2) is 7.85. The number of phenols is 1. The van der Waals surface area contributed by atoms with Crippen LogP contribution in [0.2, 0.25) is 0 Å². The summed E-state index contributed by atoms with van der Waals surface area (Å²) >= 11 is 0. The Bertz CT molecular complexity index is 1140. The molecule has 4 rings (SSSR count). The van der Waals surface area contributed by atoms with Crippen LogP contribution in [0, 0.1) is 0 Å². The maximum Gasteiger partial charge on any atom is 0.195 e. The molecule has 142 valence electrons. The summed E-state index contributed by atoms with van der Waals surface area (Å²) < 4.78 is 14.4. The Morgan fingerprint density at radius 3 is 2.57 bits per heavy atom. The number of nitrogens with zero attached hydrogens (tertiary/aromatic N) is 1. The van der Waals surface area contributed by atoms with E-state index < -0.39 is 0 Å². The van der Waals surface area contributed by atoms with E-state index in [2.05, 4.69) is 0 Å². The zero-order chi connectivity index (χ0) is 19.5. The minimum absolute atomic E-state index is 0.0603. The summed E-state index contributed by atoms with van der Waals surface area (Å²) in [7, 11) is 0. The van der Waals surface area contributed by atoms with Crippen LogP contribution in [0.1, 0.15) is 35.2 Å². The summed E-state index contributed by atoms with van der Waals surface area (Å²) in [4.78, 5) is 13.4. The molecular weight excluding hydrogens is 353 g/mol. The van der Waals surface area contributed by atoms with Crippen molar-refractivity contribution in [2.75, 3.05) is 6.67 Å². The fourth-order valence-electron chi connectivity index (χ4n) is 3.77. The van der Waals surface area contributed by atoms with E-state index in [1.807, 2.05) is 59.3 Å². The molecule has 1 aromatic heterocycles. The third-order valence-corrected chi connectivity index (χ3v) is 5.18. The number of hydrogen-bond donors (Lipinski definition) is 1. The van der Waals surface area contributed by atoms with Gasteiger partial charge < -0.3 is 9.67 Å². The summed E-state index contributed by atoms with van der Waals surface area (Å²) in [6, 6.07) is 18.7. The van der Waals surface area contributed by atoms with Crippen molar-refractivity contribution in [1.82, 2.24) is 4.57 Å². The van der Waals surface area contributed by atoms with Crippen LogP contribution in [0.5, 0.6) is 5.75 Å². The van der Waals surface area contributed by atoms with Crippen LogP contribution in [0.25, 0.3) is 21.7 Å². The fourth-order valence-corrected chi connectivity index (χ4v) is 3.77. The van der Waals surface area contributed by atoms with Gasteiger partial charge in [0.25, 0.3) is 0 Å². The van der Waals surface area contributed by atoms with Crippen molar-refractivity contribution in [2.45, 2.75) is 25.8 Å². The number of halogens is 1. The number of fused-ring (bicyclic) bond motifs is 2. The van der Waals surface area contributed by atoms with Crippen molar-refractivity contribution in [3.63, 3.8) is 0 Å². The van der Waals surface area contributed by atoms with Gasteiger partial charge in [-0.05, 0) is 48.2 Å². The Kier molecular flexibility index (Phi) is 5.11. The van der Waals surface area contributed by atoms with Gasteiger partial charge >= 0.3 is 0 Å². The Morgan fingerprint density at radius 2 is 1.71 bits per heavy atom. The van der Waals surface area contributed by atoms with Crippen molar-refractivity contribution in [1.29, 1.82) is 0 Å². The summed E-state index contributed by atoms with van der Waals surface area (Å²) in [6.45, 7) is 0.412. The Labute approximate surface area is 163 Å². The predicted octanol–water partition coefficient (Wildman–Crippen LogP) is 5.87. The van der Waals surface area contributed by atoms with Gasteiger partial charge in [0.1, 0.15) is 5.75 Å². The van der Waals surface area contributed by atoms with E-state index in [-0.39, 0.29) is 18.2 Å². The second-order valence-electron chi connectivity index (χ2n) is 7.04. The molecule has 3 nitrogen and oxygen atoms in total. The van der Waals surface area contributed by atoms with Crippen LogP contribution in [-0.2, 0) is 6.54 Å². The van der Waals surface area contributed by atoms with Crippen molar-refractivity contribution < 1.29 is 14.3 Å². The molecule has 28 heavy (non-hydrogen) atoms. The first-order chi connectivity index (χ1) is 13.7. The molecule has 0 aliphatic heterocycles. The smallest absolute Gasteiger partial charge is 0.195 e.